The predicted octanol–water partition coefficient (Wildman–Crippen LogP) is 7.53. The van der Waals surface area contributed by atoms with Gasteiger partial charge in [-0.2, -0.15) is 0 Å². The van der Waals surface area contributed by atoms with E-state index in [1.807, 2.05) is 12.1 Å². The van der Waals surface area contributed by atoms with Gasteiger partial charge in [-0.15, -0.1) is 0 Å². The molecular weight excluding hydrogens is 470 g/mol. The van der Waals surface area contributed by atoms with Crippen molar-refractivity contribution in [2.45, 2.75) is 38.0 Å². The van der Waals surface area contributed by atoms with Crippen molar-refractivity contribution >= 4 is 11.6 Å². The van der Waals surface area contributed by atoms with Gasteiger partial charge in [-0.25, -0.2) is 0 Å². The maximum absolute atomic E-state index is 5.45. The summed E-state index contributed by atoms with van der Waals surface area (Å²) in [6.45, 7) is 0. The fourth-order valence-corrected chi connectivity index (χ4v) is 6.01. The highest BCUT2D eigenvalue weighted by Crippen LogP contribution is 2.47. The molecule has 1 atom stereocenters. The summed E-state index contributed by atoms with van der Waals surface area (Å²) in [5.74, 6) is 3.06. The molecule has 4 heteroatoms. The summed E-state index contributed by atoms with van der Waals surface area (Å²) in [6.07, 6.45) is 7.50. The van der Waals surface area contributed by atoms with Gasteiger partial charge in [0, 0.05) is 11.6 Å². The van der Waals surface area contributed by atoms with Crippen LogP contribution in [0.5, 0.6) is 17.2 Å². The number of hydrogen-bond acceptors (Lipinski definition) is 4. The summed E-state index contributed by atoms with van der Waals surface area (Å²) in [5, 5.41) is 0. The molecule has 4 nitrogen and oxygen atoms in total. The van der Waals surface area contributed by atoms with Gasteiger partial charge in [-0.3, -0.25) is 4.98 Å². The quantitative estimate of drug-likeness (QED) is 0.261. The van der Waals surface area contributed by atoms with Gasteiger partial charge >= 0.3 is 0 Å². The average Bonchev–Trinajstić information content (AvgIpc) is 3.56. The molecule has 4 aromatic rings. The van der Waals surface area contributed by atoms with Crippen molar-refractivity contribution in [3.63, 3.8) is 0 Å². The SMILES string of the molecule is COc1ccc(/C=C2/CCc3c2nc2c(c3-c3ccc(OC)cc3)CCC2Cc2ccc(OC)cc2)cc1. The van der Waals surface area contributed by atoms with E-state index in [9.17, 15) is 0 Å². The second-order valence-electron chi connectivity index (χ2n) is 10.1. The van der Waals surface area contributed by atoms with Crippen LogP contribution in [0.25, 0.3) is 22.8 Å². The molecule has 0 saturated heterocycles. The van der Waals surface area contributed by atoms with Crippen molar-refractivity contribution in [3.05, 3.63) is 106 Å². The van der Waals surface area contributed by atoms with E-state index < -0.39 is 0 Å². The number of fused-ring (bicyclic) bond motifs is 2. The largest absolute Gasteiger partial charge is 0.497 e. The van der Waals surface area contributed by atoms with E-state index in [-0.39, 0.29) is 0 Å². The first-order chi connectivity index (χ1) is 18.7. The van der Waals surface area contributed by atoms with E-state index in [2.05, 4.69) is 66.7 Å². The van der Waals surface area contributed by atoms with Gasteiger partial charge in [-0.1, -0.05) is 36.4 Å². The van der Waals surface area contributed by atoms with Crippen LogP contribution in [0.15, 0.2) is 72.8 Å². The Hall–Kier alpha value is -4.05. The molecule has 0 spiro atoms. The first kappa shape index (κ1) is 24.3. The standard InChI is InChI=1S/C34H33NO3/c1-36-27-12-4-22(5-13-27)20-25-10-18-30-32(24-8-16-29(38-3)17-9-24)31-19-11-26(34(31)35-33(25)30)21-23-6-14-28(37-2)15-7-23/h4-9,12-17,20,26H,10-11,18-19,21H2,1-3H3/b25-20-. The maximum atomic E-state index is 5.45. The Morgan fingerprint density at radius 3 is 1.95 bits per heavy atom. The number of nitrogens with zero attached hydrogens (tertiary/aromatic N) is 1. The average molecular weight is 504 g/mol. The molecule has 0 aliphatic heterocycles. The third kappa shape index (κ3) is 4.56. The van der Waals surface area contributed by atoms with Gasteiger partial charge < -0.3 is 14.2 Å². The van der Waals surface area contributed by atoms with Gasteiger partial charge in [-0.05, 0) is 114 Å². The predicted molar refractivity (Wildman–Crippen MR) is 153 cm³/mol. The zero-order valence-electron chi connectivity index (χ0n) is 22.3. The van der Waals surface area contributed by atoms with E-state index in [1.54, 1.807) is 21.3 Å². The van der Waals surface area contributed by atoms with Gasteiger partial charge in [0.15, 0.2) is 0 Å². The smallest absolute Gasteiger partial charge is 0.118 e. The van der Waals surface area contributed by atoms with Crippen LogP contribution in [0.1, 0.15) is 52.4 Å². The van der Waals surface area contributed by atoms with Crippen LogP contribution in [0.2, 0.25) is 0 Å². The summed E-state index contributed by atoms with van der Waals surface area (Å²) in [6, 6.07) is 25.3. The first-order valence-corrected chi connectivity index (χ1v) is 13.3. The summed E-state index contributed by atoms with van der Waals surface area (Å²) in [4.78, 5) is 5.43. The molecule has 0 saturated carbocycles. The van der Waals surface area contributed by atoms with E-state index in [0.29, 0.717) is 5.92 Å². The van der Waals surface area contributed by atoms with Crippen LogP contribution in [0.4, 0.5) is 0 Å². The zero-order valence-corrected chi connectivity index (χ0v) is 22.3. The Bertz CT molecular complexity index is 1470. The molecule has 192 valence electrons. The number of methoxy groups -OCH3 is 3. The van der Waals surface area contributed by atoms with Crippen LogP contribution in [0, 0.1) is 0 Å². The maximum Gasteiger partial charge on any atom is 0.118 e. The molecule has 0 radical (unpaired) electrons. The van der Waals surface area contributed by atoms with Gasteiger partial charge in [0.25, 0.3) is 0 Å². The van der Waals surface area contributed by atoms with E-state index in [0.717, 1.165) is 49.4 Å². The fraction of sp³-hybridized carbons (Fsp3) is 0.265. The van der Waals surface area contributed by atoms with Crippen molar-refractivity contribution in [2.24, 2.45) is 0 Å². The Kier molecular flexibility index (Phi) is 6.63. The summed E-state index contributed by atoms with van der Waals surface area (Å²) in [7, 11) is 5.13. The van der Waals surface area contributed by atoms with Crippen LogP contribution in [-0.2, 0) is 19.3 Å². The van der Waals surface area contributed by atoms with E-state index >= 15 is 0 Å². The molecule has 1 heterocycles. The second-order valence-corrected chi connectivity index (χ2v) is 10.1. The highest BCUT2D eigenvalue weighted by atomic mass is 16.5. The Labute approximate surface area is 224 Å². The first-order valence-electron chi connectivity index (χ1n) is 13.3. The number of allylic oxidation sites excluding steroid dienone is 1. The number of benzene rings is 3. The summed E-state index contributed by atoms with van der Waals surface area (Å²) >= 11 is 0. The molecule has 0 N–H and O–H groups in total. The molecular formula is C34H33NO3. The highest BCUT2D eigenvalue weighted by molar-refractivity contribution is 5.89. The third-order valence-corrected chi connectivity index (χ3v) is 7.99. The third-order valence-electron chi connectivity index (χ3n) is 7.99. The molecule has 0 fully saturated rings. The number of pyridine rings is 1. The highest BCUT2D eigenvalue weighted by Gasteiger charge is 2.33. The Balaban J connectivity index is 1.44. The molecule has 0 amide bonds. The lowest BCUT2D eigenvalue weighted by Crippen LogP contribution is -2.05. The van der Waals surface area contributed by atoms with Gasteiger partial charge in [0.2, 0.25) is 0 Å². The van der Waals surface area contributed by atoms with Crippen molar-refractivity contribution < 1.29 is 14.2 Å². The number of rotatable bonds is 7. The lowest BCUT2D eigenvalue weighted by atomic mass is 9.91. The van der Waals surface area contributed by atoms with Gasteiger partial charge in [0.1, 0.15) is 17.2 Å². The van der Waals surface area contributed by atoms with E-state index in [4.69, 9.17) is 19.2 Å². The Morgan fingerprint density at radius 1 is 0.711 bits per heavy atom. The van der Waals surface area contributed by atoms with Crippen LogP contribution < -0.4 is 14.2 Å². The molecule has 3 aromatic carbocycles. The van der Waals surface area contributed by atoms with Crippen molar-refractivity contribution in [1.82, 2.24) is 4.98 Å². The second kappa shape index (κ2) is 10.4. The lowest BCUT2D eigenvalue weighted by Gasteiger charge is -2.18. The topological polar surface area (TPSA) is 40.6 Å². The molecule has 2 aliphatic carbocycles. The minimum Gasteiger partial charge on any atom is -0.497 e. The van der Waals surface area contributed by atoms with Crippen molar-refractivity contribution in [2.75, 3.05) is 21.3 Å². The minimum atomic E-state index is 0.406. The number of hydrogen-bond donors (Lipinski definition) is 0. The lowest BCUT2D eigenvalue weighted by molar-refractivity contribution is 0.414. The molecule has 6 rings (SSSR count). The van der Waals surface area contributed by atoms with Crippen LogP contribution in [-0.4, -0.2) is 26.3 Å². The molecule has 1 aromatic heterocycles. The molecule has 1 unspecified atom stereocenters. The fourth-order valence-electron chi connectivity index (χ4n) is 6.01. The van der Waals surface area contributed by atoms with Crippen molar-refractivity contribution in [1.29, 1.82) is 0 Å². The molecule has 2 aliphatic rings. The summed E-state index contributed by atoms with van der Waals surface area (Å²) < 4.78 is 16.2. The zero-order chi connectivity index (χ0) is 26.1. The van der Waals surface area contributed by atoms with Crippen LogP contribution >= 0.6 is 0 Å². The summed E-state index contributed by atoms with van der Waals surface area (Å²) in [5.41, 5.74) is 11.7. The molecule has 38 heavy (non-hydrogen) atoms. The number of aromatic nitrogens is 1. The number of ether oxygens (including phenoxy) is 3. The Morgan fingerprint density at radius 2 is 1.32 bits per heavy atom. The van der Waals surface area contributed by atoms with Crippen LogP contribution in [0.3, 0.4) is 0 Å². The molecule has 0 bridgehead atoms. The van der Waals surface area contributed by atoms with Gasteiger partial charge in [0.05, 0.1) is 27.0 Å². The normalized spacial score (nSPS) is 16.8. The minimum absolute atomic E-state index is 0.406. The van der Waals surface area contributed by atoms with E-state index in [1.165, 1.54) is 50.3 Å². The van der Waals surface area contributed by atoms with Crippen molar-refractivity contribution in [3.8, 4) is 28.4 Å². The monoisotopic (exact) mass is 503 g/mol.